The Bertz CT molecular complexity index is 3540. The topological polar surface area (TPSA) is 9.86 Å². The van der Waals surface area contributed by atoms with Crippen molar-refractivity contribution in [3.05, 3.63) is 224 Å². The summed E-state index contributed by atoms with van der Waals surface area (Å²) >= 11 is 0. The minimum atomic E-state index is -0.141. The molecule has 0 bridgehead atoms. The van der Waals surface area contributed by atoms with Crippen molar-refractivity contribution in [3.63, 3.8) is 0 Å². The molecule has 2 nitrogen and oxygen atoms in total. The molecule has 0 N–H and O–H groups in total. The van der Waals surface area contributed by atoms with Crippen LogP contribution in [0.3, 0.4) is 0 Å². The fourth-order valence-electron chi connectivity index (χ4n) is 10.5. The zero-order chi connectivity index (χ0) is 40.0. The Kier molecular flexibility index (Phi) is 7.43. The van der Waals surface area contributed by atoms with E-state index < -0.39 is 0 Å². The van der Waals surface area contributed by atoms with Crippen LogP contribution in [0.5, 0.6) is 0 Å². The van der Waals surface area contributed by atoms with Crippen LogP contribution in [0.2, 0.25) is 0 Å². The monoisotopic (exact) mass is 772 g/mol. The van der Waals surface area contributed by atoms with Crippen LogP contribution < -0.4 is 10.9 Å². The molecular formula is C58H37BN2. The Balaban J connectivity index is 1.26. The van der Waals surface area contributed by atoms with Crippen molar-refractivity contribution in [1.29, 1.82) is 0 Å². The maximum atomic E-state index is 2.73. The highest BCUT2D eigenvalue weighted by Gasteiger charge is 2.37. The van der Waals surface area contributed by atoms with Crippen molar-refractivity contribution in [2.24, 2.45) is 0 Å². The standard InChI is InChI=1S/C58H37BN2/c1-5-18-38(19-6-1)43-34-47(40-22-9-3-10-23-40)56-49(36-43)50-37-44(39-20-7-2-8-21-39)35-48(41-24-11-4-12-25-41)57(50)61(56)59-51-29-15-16-31-53(51)60-54-33-32-42-26-13-14-27-45(42)55(54)46-28-17-30-52(59)58(46)60/h1-37H. The summed E-state index contributed by atoms with van der Waals surface area (Å²) in [6, 6.07) is 83.2. The Morgan fingerprint density at radius 1 is 0.311 bits per heavy atom. The summed E-state index contributed by atoms with van der Waals surface area (Å²) < 4.78 is 5.27. The number of para-hydroxylation sites is 2. The average Bonchev–Trinajstić information content (AvgIpc) is 3.86. The van der Waals surface area contributed by atoms with E-state index in [1.807, 2.05) is 0 Å². The maximum Gasteiger partial charge on any atom is 0.332 e. The quantitative estimate of drug-likeness (QED) is 0.154. The molecule has 10 aromatic carbocycles. The van der Waals surface area contributed by atoms with Gasteiger partial charge >= 0.3 is 6.85 Å². The van der Waals surface area contributed by atoms with E-state index >= 15 is 0 Å². The molecule has 0 atom stereocenters. The molecule has 2 aromatic heterocycles. The summed E-state index contributed by atoms with van der Waals surface area (Å²) in [5.41, 5.74) is 18.4. The van der Waals surface area contributed by atoms with Gasteiger partial charge in [0.1, 0.15) is 0 Å². The molecule has 61 heavy (non-hydrogen) atoms. The van der Waals surface area contributed by atoms with Crippen LogP contribution in [0, 0.1) is 0 Å². The second kappa shape index (κ2) is 13.3. The van der Waals surface area contributed by atoms with E-state index in [4.69, 9.17) is 0 Å². The van der Waals surface area contributed by atoms with Crippen LogP contribution in [-0.4, -0.2) is 15.9 Å². The van der Waals surface area contributed by atoms with E-state index in [2.05, 4.69) is 234 Å². The van der Waals surface area contributed by atoms with Crippen LogP contribution in [-0.2, 0) is 0 Å². The van der Waals surface area contributed by atoms with Crippen LogP contribution in [0.4, 0.5) is 0 Å². The van der Waals surface area contributed by atoms with Crippen molar-refractivity contribution in [1.82, 2.24) is 9.05 Å². The van der Waals surface area contributed by atoms with Crippen LogP contribution >= 0.6 is 0 Å². The zero-order valence-corrected chi connectivity index (χ0v) is 33.3. The molecule has 1 aliphatic heterocycles. The van der Waals surface area contributed by atoms with Gasteiger partial charge < -0.3 is 9.05 Å². The molecule has 0 unspecified atom stereocenters. The van der Waals surface area contributed by atoms with Gasteiger partial charge in [0.05, 0.1) is 11.0 Å². The minimum Gasteiger partial charge on any atom is -0.375 e. The van der Waals surface area contributed by atoms with E-state index in [1.54, 1.807) is 0 Å². The summed E-state index contributed by atoms with van der Waals surface area (Å²) in [4.78, 5) is 0. The third-order valence-electron chi connectivity index (χ3n) is 13.1. The van der Waals surface area contributed by atoms with Gasteiger partial charge in [-0.15, -0.1) is 0 Å². The molecule has 3 heterocycles. The van der Waals surface area contributed by atoms with Gasteiger partial charge in [0.15, 0.2) is 0 Å². The molecule has 0 saturated carbocycles. The lowest BCUT2D eigenvalue weighted by Crippen LogP contribution is -2.53. The first-order valence-corrected chi connectivity index (χ1v) is 21.2. The second-order valence-electron chi connectivity index (χ2n) is 16.4. The zero-order valence-electron chi connectivity index (χ0n) is 33.3. The summed E-state index contributed by atoms with van der Waals surface area (Å²) in [5, 5.41) is 7.62. The van der Waals surface area contributed by atoms with E-state index in [1.165, 1.54) is 116 Å². The molecular weight excluding hydrogens is 735 g/mol. The van der Waals surface area contributed by atoms with Crippen LogP contribution in [0.25, 0.3) is 105 Å². The molecule has 0 aliphatic carbocycles. The van der Waals surface area contributed by atoms with Crippen molar-refractivity contribution >= 4 is 72.2 Å². The highest BCUT2D eigenvalue weighted by atomic mass is 15.0. The van der Waals surface area contributed by atoms with E-state index in [0.29, 0.717) is 0 Å². The second-order valence-corrected chi connectivity index (χ2v) is 16.4. The molecule has 282 valence electrons. The summed E-state index contributed by atoms with van der Waals surface area (Å²) in [7, 11) is 0. The van der Waals surface area contributed by atoms with Gasteiger partial charge in [-0.2, -0.15) is 0 Å². The first kappa shape index (κ1) is 34.0. The number of rotatable bonds is 5. The predicted octanol–water partition coefficient (Wildman–Crippen LogP) is 13.7. The lowest BCUT2D eigenvalue weighted by atomic mass is 9.48. The lowest BCUT2D eigenvalue weighted by molar-refractivity contribution is 1.18. The minimum absolute atomic E-state index is 0.141. The number of fused-ring (bicyclic) bond motifs is 10. The lowest BCUT2D eigenvalue weighted by Gasteiger charge is -2.29. The molecule has 3 heteroatoms. The molecule has 13 rings (SSSR count). The van der Waals surface area contributed by atoms with Crippen LogP contribution in [0.1, 0.15) is 0 Å². The van der Waals surface area contributed by atoms with Gasteiger partial charge in [-0.05, 0) is 91.5 Å². The van der Waals surface area contributed by atoms with Gasteiger partial charge in [0.2, 0.25) is 0 Å². The molecule has 0 amide bonds. The number of benzene rings is 10. The number of hydrogen-bond donors (Lipinski definition) is 0. The summed E-state index contributed by atoms with van der Waals surface area (Å²) in [5.74, 6) is 0. The summed E-state index contributed by atoms with van der Waals surface area (Å²) in [6.07, 6.45) is 0. The van der Waals surface area contributed by atoms with Gasteiger partial charge in [0, 0.05) is 49.4 Å². The molecule has 0 saturated heterocycles. The third kappa shape index (κ3) is 5.04. The Morgan fingerprint density at radius 3 is 1.41 bits per heavy atom. The Labute approximate surface area is 354 Å². The van der Waals surface area contributed by atoms with Crippen molar-refractivity contribution < 1.29 is 0 Å². The normalized spacial score (nSPS) is 12.2. The highest BCUT2D eigenvalue weighted by Crippen LogP contribution is 2.46. The average molecular weight is 773 g/mol. The number of aromatic nitrogens is 2. The van der Waals surface area contributed by atoms with Gasteiger partial charge in [0.25, 0.3) is 0 Å². The first-order chi connectivity index (χ1) is 30.3. The van der Waals surface area contributed by atoms with Crippen molar-refractivity contribution in [2.75, 3.05) is 0 Å². The van der Waals surface area contributed by atoms with Gasteiger partial charge in [-0.25, -0.2) is 0 Å². The van der Waals surface area contributed by atoms with E-state index in [-0.39, 0.29) is 6.85 Å². The number of nitrogens with zero attached hydrogens (tertiary/aromatic N) is 2. The van der Waals surface area contributed by atoms with E-state index in [0.717, 1.165) is 0 Å². The molecule has 0 radical (unpaired) electrons. The van der Waals surface area contributed by atoms with Gasteiger partial charge in [-0.3, -0.25) is 0 Å². The maximum absolute atomic E-state index is 2.73. The molecule has 1 aliphatic rings. The number of hydrogen-bond acceptors (Lipinski definition) is 0. The third-order valence-corrected chi connectivity index (χ3v) is 13.1. The van der Waals surface area contributed by atoms with Crippen molar-refractivity contribution in [2.45, 2.75) is 0 Å². The smallest absolute Gasteiger partial charge is 0.332 e. The SMILES string of the molecule is c1ccc(-c2cc(-c3ccccc3)c3c(c2)c2cc(-c4ccccc4)cc(-c4ccccc4)c2n3B2c3ccccc3-n3c4ccc5ccccc5c4c4cccc2c43)cc1. The van der Waals surface area contributed by atoms with Crippen molar-refractivity contribution in [3.8, 4) is 50.2 Å². The molecule has 12 aromatic rings. The van der Waals surface area contributed by atoms with E-state index in [9.17, 15) is 0 Å². The van der Waals surface area contributed by atoms with Gasteiger partial charge in [-0.1, -0.05) is 188 Å². The Morgan fingerprint density at radius 2 is 0.803 bits per heavy atom. The molecule has 0 fully saturated rings. The fraction of sp³-hybridized carbons (Fsp3) is 0. The largest absolute Gasteiger partial charge is 0.375 e. The Hall–Kier alpha value is -7.88. The first-order valence-electron chi connectivity index (χ1n) is 21.2. The highest BCUT2D eigenvalue weighted by molar-refractivity contribution is 6.88. The summed E-state index contributed by atoms with van der Waals surface area (Å²) in [6.45, 7) is -0.141. The molecule has 0 spiro atoms. The fourth-order valence-corrected chi connectivity index (χ4v) is 10.5. The van der Waals surface area contributed by atoms with Crippen LogP contribution in [0.15, 0.2) is 224 Å². The predicted molar refractivity (Wildman–Crippen MR) is 260 cm³/mol.